The molecule has 0 unspecified atom stereocenters. The number of alkyl halides is 1. The first kappa shape index (κ1) is 8.08. The van der Waals surface area contributed by atoms with Crippen LogP contribution in [-0.2, 0) is 0 Å². The normalized spacial score (nSPS) is 10.6. The van der Waals surface area contributed by atoms with Crippen molar-refractivity contribution in [3.05, 3.63) is 30.0 Å². The van der Waals surface area contributed by atoms with Gasteiger partial charge in [-0.2, -0.15) is 0 Å². The highest BCUT2D eigenvalue weighted by Gasteiger charge is 1.87. The summed E-state index contributed by atoms with van der Waals surface area (Å²) in [7, 11) is 0. The van der Waals surface area contributed by atoms with Crippen molar-refractivity contribution in [2.75, 3.05) is 11.6 Å². The molecule has 1 heterocycles. The van der Waals surface area contributed by atoms with Crippen LogP contribution in [0.25, 0.3) is 6.08 Å². The lowest BCUT2D eigenvalue weighted by atomic mass is 10.3. The number of halogens is 1. The maximum atomic E-state index is 5.45. The van der Waals surface area contributed by atoms with E-state index in [1.165, 1.54) is 0 Å². The first-order valence-electron chi connectivity index (χ1n) is 3.28. The van der Waals surface area contributed by atoms with Crippen LogP contribution < -0.4 is 5.73 Å². The van der Waals surface area contributed by atoms with E-state index in [0.717, 1.165) is 5.69 Å². The van der Waals surface area contributed by atoms with Crippen LogP contribution in [0.1, 0.15) is 5.69 Å². The summed E-state index contributed by atoms with van der Waals surface area (Å²) in [4.78, 5) is 4.04. The van der Waals surface area contributed by atoms with Crippen LogP contribution in [-0.4, -0.2) is 10.9 Å². The molecule has 0 aliphatic carbocycles. The van der Waals surface area contributed by atoms with E-state index in [2.05, 4.69) is 4.98 Å². The Morgan fingerprint density at radius 2 is 2.36 bits per heavy atom. The number of nitrogens with zero attached hydrogens (tertiary/aromatic N) is 1. The first-order valence-corrected chi connectivity index (χ1v) is 3.81. The van der Waals surface area contributed by atoms with E-state index in [4.69, 9.17) is 17.3 Å². The molecule has 0 aliphatic heterocycles. The highest BCUT2D eigenvalue weighted by molar-refractivity contribution is 6.19. The molecule has 2 nitrogen and oxygen atoms in total. The zero-order valence-electron chi connectivity index (χ0n) is 6.00. The second-order valence-electron chi connectivity index (χ2n) is 2.04. The van der Waals surface area contributed by atoms with Crippen LogP contribution in [0.3, 0.4) is 0 Å². The number of pyridine rings is 1. The highest BCUT2D eigenvalue weighted by atomic mass is 35.5. The number of anilines is 1. The standard InChI is InChI=1S/C8H9ClN2/c9-6-2-4-7-3-1-5-8(10)11-7/h1-5H,6H2,(H2,10,11). The van der Waals surface area contributed by atoms with Gasteiger partial charge in [0.1, 0.15) is 5.82 Å². The number of allylic oxidation sites excluding steroid dienone is 1. The molecule has 2 N–H and O–H groups in total. The van der Waals surface area contributed by atoms with E-state index in [1.807, 2.05) is 24.3 Å². The summed E-state index contributed by atoms with van der Waals surface area (Å²) in [6.07, 6.45) is 3.66. The Bertz CT molecular complexity index is 258. The van der Waals surface area contributed by atoms with Gasteiger partial charge in [-0.15, -0.1) is 11.6 Å². The molecule has 0 fully saturated rings. The maximum absolute atomic E-state index is 5.45. The summed E-state index contributed by atoms with van der Waals surface area (Å²) in [6.45, 7) is 0. The number of rotatable bonds is 2. The summed E-state index contributed by atoms with van der Waals surface area (Å²) in [5.74, 6) is 1.03. The van der Waals surface area contributed by atoms with Crippen LogP contribution in [0, 0.1) is 0 Å². The van der Waals surface area contributed by atoms with E-state index >= 15 is 0 Å². The molecule has 11 heavy (non-hydrogen) atoms. The molecule has 3 heteroatoms. The minimum atomic E-state index is 0.497. The Morgan fingerprint density at radius 3 is 3.00 bits per heavy atom. The van der Waals surface area contributed by atoms with Gasteiger partial charge in [-0.05, 0) is 18.2 Å². The van der Waals surface area contributed by atoms with Gasteiger partial charge >= 0.3 is 0 Å². The molecule has 0 saturated carbocycles. The summed E-state index contributed by atoms with van der Waals surface area (Å²) in [6, 6.07) is 5.48. The number of nitrogen functional groups attached to an aromatic ring is 1. The lowest BCUT2D eigenvalue weighted by Gasteiger charge is -1.92. The maximum Gasteiger partial charge on any atom is 0.124 e. The van der Waals surface area contributed by atoms with Crippen molar-refractivity contribution in [1.29, 1.82) is 0 Å². The molecule has 0 spiro atoms. The van der Waals surface area contributed by atoms with E-state index < -0.39 is 0 Å². The predicted molar refractivity (Wildman–Crippen MR) is 48.4 cm³/mol. The Balaban J connectivity index is 2.79. The largest absolute Gasteiger partial charge is 0.384 e. The highest BCUT2D eigenvalue weighted by Crippen LogP contribution is 2.02. The average molecular weight is 169 g/mol. The minimum Gasteiger partial charge on any atom is -0.384 e. The lowest BCUT2D eigenvalue weighted by Crippen LogP contribution is -1.90. The van der Waals surface area contributed by atoms with Gasteiger partial charge in [0, 0.05) is 5.88 Å². The van der Waals surface area contributed by atoms with Crippen molar-refractivity contribution in [3.63, 3.8) is 0 Å². The molecular formula is C8H9ClN2. The zero-order valence-corrected chi connectivity index (χ0v) is 6.75. The van der Waals surface area contributed by atoms with Gasteiger partial charge in [0.2, 0.25) is 0 Å². The number of hydrogen-bond donors (Lipinski definition) is 1. The molecule has 0 saturated heterocycles. The molecule has 0 aliphatic rings. The van der Waals surface area contributed by atoms with Crippen LogP contribution in [0.15, 0.2) is 24.3 Å². The zero-order chi connectivity index (χ0) is 8.10. The van der Waals surface area contributed by atoms with Crippen LogP contribution in [0.5, 0.6) is 0 Å². The molecule has 1 rings (SSSR count). The van der Waals surface area contributed by atoms with Crippen molar-refractivity contribution in [2.45, 2.75) is 0 Å². The van der Waals surface area contributed by atoms with Gasteiger partial charge in [-0.1, -0.05) is 12.1 Å². The van der Waals surface area contributed by atoms with Gasteiger partial charge in [0.15, 0.2) is 0 Å². The summed E-state index contributed by atoms with van der Waals surface area (Å²) >= 11 is 5.45. The molecule has 0 amide bonds. The monoisotopic (exact) mass is 168 g/mol. The Morgan fingerprint density at radius 1 is 1.55 bits per heavy atom. The van der Waals surface area contributed by atoms with Crippen molar-refractivity contribution in [2.24, 2.45) is 0 Å². The van der Waals surface area contributed by atoms with Crippen molar-refractivity contribution in [3.8, 4) is 0 Å². The van der Waals surface area contributed by atoms with Gasteiger partial charge < -0.3 is 5.73 Å². The summed E-state index contributed by atoms with van der Waals surface area (Å²) in [5, 5.41) is 0. The molecule has 0 radical (unpaired) electrons. The SMILES string of the molecule is Nc1cccc(C=CCCl)n1. The van der Waals surface area contributed by atoms with Crippen molar-refractivity contribution < 1.29 is 0 Å². The van der Waals surface area contributed by atoms with Crippen LogP contribution in [0.4, 0.5) is 5.82 Å². The van der Waals surface area contributed by atoms with Gasteiger partial charge in [-0.25, -0.2) is 4.98 Å². The van der Waals surface area contributed by atoms with E-state index in [1.54, 1.807) is 6.07 Å². The average Bonchev–Trinajstić information content (AvgIpc) is 2.01. The number of aromatic nitrogens is 1. The summed E-state index contributed by atoms with van der Waals surface area (Å²) < 4.78 is 0. The molecule has 0 atom stereocenters. The Hall–Kier alpha value is -1.02. The molecular weight excluding hydrogens is 160 g/mol. The summed E-state index contributed by atoms with van der Waals surface area (Å²) in [5.41, 5.74) is 6.29. The van der Waals surface area contributed by atoms with Crippen LogP contribution >= 0.6 is 11.6 Å². The third-order valence-electron chi connectivity index (χ3n) is 1.17. The van der Waals surface area contributed by atoms with Crippen LogP contribution in [0.2, 0.25) is 0 Å². The number of hydrogen-bond acceptors (Lipinski definition) is 2. The smallest absolute Gasteiger partial charge is 0.124 e. The van der Waals surface area contributed by atoms with Gasteiger partial charge in [0.25, 0.3) is 0 Å². The molecule has 1 aromatic heterocycles. The molecule has 0 aromatic carbocycles. The van der Waals surface area contributed by atoms with Gasteiger partial charge in [0.05, 0.1) is 5.69 Å². The lowest BCUT2D eigenvalue weighted by molar-refractivity contribution is 1.30. The second-order valence-corrected chi connectivity index (χ2v) is 2.35. The molecule has 58 valence electrons. The van der Waals surface area contributed by atoms with Gasteiger partial charge in [-0.3, -0.25) is 0 Å². The van der Waals surface area contributed by atoms with E-state index in [9.17, 15) is 0 Å². The fraction of sp³-hybridized carbons (Fsp3) is 0.125. The van der Waals surface area contributed by atoms with E-state index in [0.29, 0.717) is 11.7 Å². The van der Waals surface area contributed by atoms with Crippen molar-refractivity contribution >= 4 is 23.5 Å². The fourth-order valence-corrected chi connectivity index (χ4v) is 0.816. The predicted octanol–water partition coefficient (Wildman–Crippen LogP) is 1.92. The third kappa shape index (κ3) is 2.60. The van der Waals surface area contributed by atoms with Crippen molar-refractivity contribution in [1.82, 2.24) is 4.98 Å². The first-order chi connectivity index (χ1) is 5.33. The second kappa shape index (κ2) is 3.98. The van der Waals surface area contributed by atoms with E-state index in [-0.39, 0.29) is 0 Å². The Kier molecular flexibility index (Phi) is 2.93. The fourth-order valence-electron chi connectivity index (χ4n) is 0.727. The number of nitrogens with two attached hydrogens (primary N) is 1. The minimum absolute atomic E-state index is 0.497. The quantitative estimate of drug-likeness (QED) is 0.686. The third-order valence-corrected chi connectivity index (χ3v) is 1.35. The topological polar surface area (TPSA) is 38.9 Å². The molecule has 1 aromatic rings. The molecule has 0 bridgehead atoms. The Labute approximate surface area is 70.7 Å².